The van der Waals surface area contributed by atoms with Gasteiger partial charge in [-0.2, -0.15) is 0 Å². The zero-order chi connectivity index (χ0) is 17.5. The second-order valence-corrected chi connectivity index (χ2v) is 5.58. The molecule has 6 nitrogen and oxygen atoms in total. The van der Waals surface area contributed by atoms with Gasteiger partial charge in [-0.05, 0) is 25.0 Å². The molecular formula is C17H20FN3O3. The van der Waals surface area contributed by atoms with Gasteiger partial charge < -0.3 is 15.9 Å². The van der Waals surface area contributed by atoms with Crippen molar-refractivity contribution in [3.8, 4) is 11.3 Å². The van der Waals surface area contributed by atoms with Crippen LogP contribution in [0.25, 0.3) is 11.3 Å². The van der Waals surface area contributed by atoms with Gasteiger partial charge in [0.25, 0.3) is 0 Å². The molecule has 1 heterocycles. The molecule has 0 amide bonds. The fraction of sp³-hybridized carbons (Fsp3) is 0.353. The van der Waals surface area contributed by atoms with Crippen LogP contribution in [-0.2, 0) is 0 Å². The highest BCUT2D eigenvalue weighted by atomic mass is 19.1. The van der Waals surface area contributed by atoms with E-state index < -0.39 is 17.3 Å². The smallest absolute Gasteiger partial charge is 0.338 e. The lowest BCUT2D eigenvalue weighted by atomic mass is 9.98. The Hall–Kier alpha value is -2.54. The van der Waals surface area contributed by atoms with Crippen LogP contribution < -0.4 is 5.73 Å². The minimum atomic E-state index is -1.32. The number of aliphatic hydroxyl groups is 1. The van der Waals surface area contributed by atoms with Crippen LogP contribution >= 0.6 is 0 Å². The second kappa shape index (κ2) is 8.35. The van der Waals surface area contributed by atoms with Crippen LogP contribution in [0, 0.1) is 5.82 Å². The molecule has 0 aliphatic heterocycles. The number of anilines is 1. The van der Waals surface area contributed by atoms with Gasteiger partial charge in [-0.25, -0.2) is 14.2 Å². The van der Waals surface area contributed by atoms with Gasteiger partial charge in [0, 0.05) is 18.0 Å². The van der Waals surface area contributed by atoms with Crippen LogP contribution in [0.1, 0.15) is 42.5 Å². The zero-order valence-electron chi connectivity index (χ0n) is 13.2. The first kappa shape index (κ1) is 17.8. The average molecular weight is 333 g/mol. The number of hydrogen-bond acceptors (Lipinski definition) is 5. The van der Waals surface area contributed by atoms with Crippen LogP contribution in [0.15, 0.2) is 30.6 Å². The van der Waals surface area contributed by atoms with Crippen molar-refractivity contribution in [2.24, 2.45) is 0 Å². The summed E-state index contributed by atoms with van der Waals surface area (Å²) in [7, 11) is 0. The van der Waals surface area contributed by atoms with Gasteiger partial charge >= 0.3 is 5.97 Å². The van der Waals surface area contributed by atoms with Gasteiger partial charge in [0.1, 0.15) is 17.3 Å². The minimum absolute atomic E-state index is 0.0359. The highest BCUT2D eigenvalue weighted by molar-refractivity contribution is 5.88. The van der Waals surface area contributed by atoms with Gasteiger partial charge in [-0.15, -0.1) is 0 Å². The van der Waals surface area contributed by atoms with Crippen molar-refractivity contribution in [3.63, 3.8) is 0 Å². The fourth-order valence-corrected chi connectivity index (χ4v) is 2.49. The Kier molecular flexibility index (Phi) is 6.20. The van der Waals surface area contributed by atoms with Crippen LogP contribution in [0.2, 0.25) is 0 Å². The van der Waals surface area contributed by atoms with Crippen molar-refractivity contribution in [2.75, 3.05) is 5.73 Å². The number of nitrogens with zero attached hydrogens (tertiary/aromatic N) is 2. The number of benzene rings is 1. The van der Waals surface area contributed by atoms with Gasteiger partial charge in [-0.1, -0.05) is 25.3 Å². The number of hydrogen-bond donors (Lipinski definition) is 3. The molecule has 7 heteroatoms. The summed E-state index contributed by atoms with van der Waals surface area (Å²) < 4.78 is 13.4. The van der Waals surface area contributed by atoms with E-state index in [1.165, 1.54) is 43.8 Å². The first-order valence-electron chi connectivity index (χ1n) is 7.77. The third-order valence-corrected chi connectivity index (χ3v) is 3.77. The molecule has 1 saturated carbocycles. The number of aromatic nitrogens is 2. The van der Waals surface area contributed by atoms with Crippen molar-refractivity contribution >= 4 is 11.8 Å². The molecule has 1 aromatic carbocycles. The Balaban J connectivity index is 0.000000249. The average Bonchev–Trinajstić information content (AvgIpc) is 2.56. The van der Waals surface area contributed by atoms with Gasteiger partial charge in [0.2, 0.25) is 0 Å². The first-order chi connectivity index (χ1) is 11.5. The molecule has 1 aliphatic rings. The van der Waals surface area contributed by atoms with E-state index in [1.807, 2.05) is 0 Å². The van der Waals surface area contributed by atoms with Gasteiger partial charge in [0.05, 0.1) is 11.7 Å². The highest BCUT2D eigenvalue weighted by Crippen LogP contribution is 2.23. The Morgan fingerprint density at radius 2 is 1.83 bits per heavy atom. The second-order valence-electron chi connectivity index (χ2n) is 5.58. The molecule has 3 rings (SSSR count). The number of rotatable bonds is 2. The number of carbonyl (C=O) groups is 1. The standard InChI is InChI=1S/C11H8FN3O2.C6H12O/c12-8-5-6(1-2-7(8)11(16)17)9-10(13)15-4-3-14-9;7-6-4-2-1-3-5-6/h1-5H,(H2,13,15)(H,16,17);6-7H,1-5H2. The Labute approximate surface area is 139 Å². The summed E-state index contributed by atoms with van der Waals surface area (Å²) in [6.45, 7) is 0. The number of carboxylic acid groups (broad SMARTS) is 1. The summed E-state index contributed by atoms with van der Waals surface area (Å²) in [5.74, 6) is -1.99. The van der Waals surface area contributed by atoms with E-state index in [1.54, 1.807) is 0 Å². The molecule has 0 radical (unpaired) electrons. The van der Waals surface area contributed by atoms with Crippen molar-refractivity contribution < 1.29 is 19.4 Å². The van der Waals surface area contributed by atoms with E-state index in [0.29, 0.717) is 11.3 Å². The summed E-state index contributed by atoms with van der Waals surface area (Å²) in [6, 6.07) is 3.68. The number of carboxylic acids is 1. The number of aromatic carboxylic acids is 1. The summed E-state index contributed by atoms with van der Waals surface area (Å²) in [5, 5.41) is 17.6. The minimum Gasteiger partial charge on any atom is -0.478 e. The molecule has 0 saturated heterocycles. The molecule has 24 heavy (non-hydrogen) atoms. The SMILES string of the molecule is Nc1nccnc1-c1ccc(C(=O)O)c(F)c1.OC1CCCCC1. The van der Waals surface area contributed by atoms with E-state index in [0.717, 1.165) is 18.9 Å². The van der Waals surface area contributed by atoms with Crippen LogP contribution in [0.3, 0.4) is 0 Å². The molecule has 0 unspecified atom stereocenters. The quantitative estimate of drug-likeness (QED) is 0.779. The van der Waals surface area contributed by atoms with E-state index >= 15 is 0 Å². The maximum absolute atomic E-state index is 13.4. The Morgan fingerprint density at radius 1 is 1.17 bits per heavy atom. The van der Waals surface area contributed by atoms with E-state index in [-0.39, 0.29) is 11.9 Å². The zero-order valence-corrected chi connectivity index (χ0v) is 13.2. The summed E-state index contributed by atoms with van der Waals surface area (Å²) >= 11 is 0. The van der Waals surface area contributed by atoms with Crippen LogP contribution in [0.4, 0.5) is 10.2 Å². The van der Waals surface area contributed by atoms with Crippen molar-refractivity contribution in [1.29, 1.82) is 0 Å². The topological polar surface area (TPSA) is 109 Å². The number of nitrogen functional groups attached to an aromatic ring is 1. The van der Waals surface area contributed by atoms with Crippen molar-refractivity contribution in [2.45, 2.75) is 38.2 Å². The molecule has 0 bridgehead atoms. The third-order valence-electron chi connectivity index (χ3n) is 3.77. The first-order valence-corrected chi connectivity index (χ1v) is 7.77. The van der Waals surface area contributed by atoms with E-state index in [2.05, 4.69) is 9.97 Å². The number of nitrogens with two attached hydrogens (primary N) is 1. The van der Waals surface area contributed by atoms with E-state index in [9.17, 15) is 9.18 Å². The van der Waals surface area contributed by atoms with Crippen LogP contribution in [-0.4, -0.2) is 32.3 Å². The van der Waals surface area contributed by atoms with Crippen molar-refractivity contribution in [3.05, 3.63) is 42.0 Å². The molecule has 1 aromatic heterocycles. The molecule has 1 aliphatic carbocycles. The predicted molar refractivity (Wildman–Crippen MR) is 87.9 cm³/mol. The molecular weight excluding hydrogens is 313 g/mol. The third kappa shape index (κ3) is 4.73. The Morgan fingerprint density at radius 3 is 2.33 bits per heavy atom. The van der Waals surface area contributed by atoms with Crippen molar-refractivity contribution in [1.82, 2.24) is 9.97 Å². The van der Waals surface area contributed by atoms with E-state index in [4.69, 9.17) is 15.9 Å². The molecule has 0 atom stereocenters. The lowest BCUT2D eigenvalue weighted by Crippen LogP contribution is -2.09. The predicted octanol–water partition coefficient (Wildman–Crippen LogP) is 2.87. The van der Waals surface area contributed by atoms with Gasteiger partial charge in [0.15, 0.2) is 0 Å². The highest BCUT2D eigenvalue weighted by Gasteiger charge is 2.13. The number of aliphatic hydroxyl groups excluding tert-OH is 1. The molecule has 2 aromatic rings. The fourth-order valence-electron chi connectivity index (χ4n) is 2.49. The summed E-state index contributed by atoms with van der Waals surface area (Å²) in [6.07, 6.45) is 8.77. The van der Waals surface area contributed by atoms with Crippen LogP contribution in [0.5, 0.6) is 0 Å². The lowest BCUT2D eigenvalue weighted by molar-refractivity contribution is 0.0692. The lowest BCUT2D eigenvalue weighted by Gasteiger charge is -2.14. The Bertz CT molecular complexity index is 703. The molecule has 4 N–H and O–H groups in total. The maximum Gasteiger partial charge on any atom is 0.338 e. The molecule has 0 spiro atoms. The largest absolute Gasteiger partial charge is 0.478 e. The number of halogens is 1. The molecule has 128 valence electrons. The summed E-state index contributed by atoms with van der Waals surface area (Å²) in [4.78, 5) is 18.4. The maximum atomic E-state index is 13.4. The monoisotopic (exact) mass is 333 g/mol. The van der Waals surface area contributed by atoms with Gasteiger partial charge in [-0.3, -0.25) is 4.98 Å². The normalized spacial score (nSPS) is 14.6. The summed E-state index contributed by atoms with van der Waals surface area (Å²) in [5.41, 5.74) is 5.91. The molecule has 1 fully saturated rings.